The summed E-state index contributed by atoms with van der Waals surface area (Å²) in [6, 6.07) is 21.1. The molecule has 0 aromatic heterocycles. The molecule has 0 saturated heterocycles. The van der Waals surface area contributed by atoms with Gasteiger partial charge in [0.25, 0.3) is 10.0 Å². The molecule has 0 aliphatic carbocycles. The van der Waals surface area contributed by atoms with Crippen molar-refractivity contribution in [1.29, 1.82) is 0 Å². The molecule has 0 fully saturated rings. The Hall–Kier alpha value is -3.07. The number of carbonyl (C=O) groups excluding carboxylic acids is 2. The Morgan fingerprint density at radius 1 is 0.925 bits per heavy atom. The molecule has 0 spiro atoms. The standard InChI is InChI=1S/C30H35Cl2N3O4S/c1-3-5-19-33-30(37)27(4-2)34(20-18-23-12-8-6-9-13-23)29(36)22-35(28-17-16-24(31)21-26(28)32)40(38,39)25-14-10-7-11-15-25/h6-17,21,27H,3-5,18-20,22H2,1-2H3,(H,33,37)/t27-/m1/s1. The number of amides is 2. The first-order valence-corrected chi connectivity index (χ1v) is 15.5. The Kier molecular flexibility index (Phi) is 11.9. The molecule has 3 aromatic carbocycles. The largest absolute Gasteiger partial charge is 0.354 e. The van der Waals surface area contributed by atoms with Crippen LogP contribution in [0.3, 0.4) is 0 Å². The number of sulfonamides is 1. The minimum absolute atomic E-state index is 0.00834. The fraction of sp³-hybridized carbons (Fsp3) is 0.333. The van der Waals surface area contributed by atoms with Gasteiger partial charge in [-0.15, -0.1) is 0 Å². The zero-order valence-electron chi connectivity index (χ0n) is 22.7. The highest BCUT2D eigenvalue weighted by Gasteiger charge is 2.34. The van der Waals surface area contributed by atoms with Crippen LogP contribution < -0.4 is 9.62 Å². The second-order valence-electron chi connectivity index (χ2n) is 9.31. The van der Waals surface area contributed by atoms with E-state index in [0.717, 1.165) is 22.7 Å². The summed E-state index contributed by atoms with van der Waals surface area (Å²) in [5.74, 6) is -0.779. The average molecular weight is 605 g/mol. The first-order valence-electron chi connectivity index (χ1n) is 13.3. The third kappa shape index (κ3) is 8.22. The zero-order chi connectivity index (χ0) is 29.1. The van der Waals surface area contributed by atoms with Gasteiger partial charge < -0.3 is 10.2 Å². The van der Waals surface area contributed by atoms with Crippen molar-refractivity contribution >= 4 is 50.7 Å². The number of hydrogen-bond donors (Lipinski definition) is 1. The maximum absolute atomic E-state index is 14.0. The summed E-state index contributed by atoms with van der Waals surface area (Å²) in [4.78, 5) is 28.7. The quantitative estimate of drug-likeness (QED) is 0.230. The number of nitrogens with one attached hydrogen (secondary N) is 1. The Bertz CT molecular complexity index is 1370. The van der Waals surface area contributed by atoms with Crippen LogP contribution in [0.5, 0.6) is 0 Å². The smallest absolute Gasteiger partial charge is 0.264 e. The van der Waals surface area contributed by atoms with Gasteiger partial charge in [0.15, 0.2) is 0 Å². The van der Waals surface area contributed by atoms with E-state index in [-0.39, 0.29) is 28.1 Å². The first-order chi connectivity index (χ1) is 19.2. The van der Waals surface area contributed by atoms with E-state index in [1.165, 1.54) is 35.2 Å². The SMILES string of the molecule is CCCCNC(=O)[C@@H](CC)N(CCc1ccccc1)C(=O)CN(c1ccc(Cl)cc1Cl)S(=O)(=O)c1ccccc1. The molecule has 0 aliphatic rings. The minimum Gasteiger partial charge on any atom is -0.354 e. The normalized spacial score (nSPS) is 12.0. The van der Waals surface area contributed by atoms with Crippen molar-refractivity contribution in [2.75, 3.05) is 23.9 Å². The summed E-state index contributed by atoms with van der Waals surface area (Å²) in [6.45, 7) is 4.05. The van der Waals surface area contributed by atoms with Crippen LogP contribution in [-0.4, -0.2) is 50.8 Å². The number of unbranched alkanes of at least 4 members (excludes halogenated alkanes) is 1. The lowest BCUT2D eigenvalue weighted by atomic mass is 10.1. The molecule has 0 radical (unpaired) electrons. The maximum Gasteiger partial charge on any atom is 0.264 e. The highest BCUT2D eigenvalue weighted by molar-refractivity contribution is 7.92. The van der Waals surface area contributed by atoms with Gasteiger partial charge in [-0.05, 0) is 55.2 Å². The van der Waals surface area contributed by atoms with E-state index in [1.807, 2.05) is 44.2 Å². The Morgan fingerprint density at radius 3 is 2.17 bits per heavy atom. The van der Waals surface area contributed by atoms with Crippen molar-refractivity contribution in [2.24, 2.45) is 0 Å². The van der Waals surface area contributed by atoms with E-state index < -0.39 is 28.5 Å². The van der Waals surface area contributed by atoms with E-state index in [9.17, 15) is 18.0 Å². The molecule has 7 nitrogen and oxygen atoms in total. The molecule has 40 heavy (non-hydrogen) atoms. The van der Waals surface area contributed by atoms with Crippen molar-refractivity contribution in [2.45, 2.75) is 50.5 Å². The van der Waals surface area contributed by atoms with E-state index in [0.29, 0.717) is 24.4 Å². The molecule has 1 N–H and O–H groups in total. The first kappa shape index (κ1) is 31.5. The lowest BCUT2D eigenvalue weighted by Gasteiger charge is -2.33. The van der Waals surface area contributed by atoms with Crippen LogP contribution in [0.25, 0.3) is 0 Å². The van der Waals surface area contributed by atoms with Crippen LogP contribution in [0, 0.1) is 0 Å². The number of rotatable bonds is 14. The summed E-state index contributed by atoms with van der Waals surface area (Å²) in [5, 5.41) is 3.34. The Morgan fingerprint density at radius 2 is 1.57 bits per heavy atom. The van der Waals surface area contributed by atoms with Gasteiger partial charge in [-0.25, -0.2) is 8.42 Å². The summed E-state index contributed by atoms with van der Waals surface area (Å²) in [6.07, 6.45) is 2.60. The third-order valence-corrected chi connectivity index (χ3v) is 8.80. The lowest BCUT2D eigenvalue weighted by Crippen LogP contribution is -2.53. The van der Waals surface area contributed by atoms with Crippen LogP contribution in [-0.2, 0) is 26.0 Å². The van der Waals surface area contributed by atoms with Gasteiger partial charge in [-0.1, -0.05) is 92.0 Å². The number of halogens is 2. The molecule has 10 heteroatoms. The molecule has 0 saturated carbocycles. The molecule has 3 rings (SSSR count). The summed E-state index contributed by atoms with van der Waals surface area (Å²) in [5.41, 5.74) is 1.11. The van der Waals surface area contributed by atoms with Crippen molar-refractivity contribution < 1.29 is 18.0 Å². The average Bonchev–Trinajstić information content (AvgIpc) is 2.95. The molecule has 0 unspecified atom stereocenters. The third-order valence-electron chi connectivity index (χ3n) is 6.49. The molecule has 214 valence electrons. The molecular formula is C30H35Cl2N3O4S. The van der Waals surface area contributed by atoms with Crippen LogP contribution in [0.2, 0.25) is 10.0 Å². The fourth-order valence-corrected chi connectivity index (χ4v) is 6.33. The second-order valence-corrected chi connectivity index (χ2v) is 12.0. The lowest BCUT2D eigenvalue weighted by molar-refractivity contribution is -0.139. The van der Waals surface area contributed by atoms with E-state index >= 15 is 0 Å². The number of hydrogen-bond acceptors (Lipinski definition) is 4. The zero-order valence-corrected chi connectivity index (χ0v) is 25.1. The molecule has 0 heterocycles. The van der Waals surface area contributed by atoms with Crippen molar-refractivity contribution in [3.63, 3.8) is 0 Å². The molecule has 0 bridgehead atoms. The fourth-order valence-electron chi connectivity index (χ4n) is 4.32. The molecule has 1 atom stereocenters. The number of anilines is 1. The van der Waals surface area contributed by atoms with Gasteiger partial charge in [0.05, 0.1) is 15.6 Å². The van der Waals surface area contributed by atoms with Gasteiger partial charge in [-0.3, -0.25) is 13.9 Å². The predicted octanol–water partition coefficient (Wildman–Crippen LogP) is 5.95. The Balaban J connectivity index is 2.00. The summed E-state index contributed by atoms with van der Waals surface area (Å²) >= 11 is 12.5. The summed E-state index contributed by atoms with van der Waals surface area (Å²) in [7, 11) is -4.20. The Labute approximate surface area is 247 Å². The van der Waals surface area contributed by atoms with Crippen LogP contribution in [0.4, 0.5) is 5.69 Å². The number of carbonyl (C=O) groups is 2. The number of benzene rings is 3. The van der Waals surface area contributed by atoms with E-state index in [1.54, 1.807) is 18.2 Å². The number of nitrogens with zero attached hydrogens (tertiary/aromatic N) is 2. The topological polar surface area (TPSA) is 86.8 Å². The highest BCUT2D eigenvalue weighted by Crippen LogP contribution is 2.33. The molecule has 0 aliphatic heterocycles. The van der Waals surface area contributed by atoms with Gasteiger partial charge in [0.1, 0.15) is 12.6 Å². The minimum atomic E-state index is -4.20. The van der Waals surface area contributed by atoms with E-state index in [2.05, 4.69) is 5.32 Å². The van der Waals surface area contributed by atoms with Crippen LogP contribution in [0.15, 0.2) is 83.8 Å². The second kappa shape index (κ2) is 15.1. The monoisotopic (exact) mass is 603 g/mol. The predicted molar refractivity (Wildman–Crippen MR) is 161 cm³/mol. The molecule has 3 aromatic rings. The van der Waals surface area contributed by atoms with Crippen molar-refractivity contribution in [1.82, 2.24) is 10.2 Å². The van der Waals surface area contributed by atoms with Crippen molar-refractivity contribution in [3.05, 3.63) is 94.5 Å². The van der Waals surface area contributed by atoms with Gasteiger partial charge >= 0.3 is 0 Å². The van der Waals surface area contributed by atoms with Crippen molar-refractivity contribution in [3.8, 4) is 0 Å². The highest BCUT2D eigenvalue weighted by atomic mass is 35.5. The van der Waals surface area contributed by atoms with E-state index in [4.69, 9.17) is 23.2 Å². The van der Waals surface area contributed by atoms with Gasteiger partial charge in [0.2, 0.25) is 11.8 Å². The summed E-state index contributed by atoms with van der Waals surface area (Å²) < 4.78 is 28.7. The van der Waals surface area contributed by atoms with Crippen LogP contribution in [0.1, 0.15) is 38.7 Å². The van der Waals surface area contributed by atoms with Gasteiger partial charge in [-0.2, -0.15) is 0 Å². The van der Waals surface area contributed by atoms with Gasteiger partial charge in [0, 0.05) is 18.1 Å². The molecule has 2 amide bonds. The van der Waals surface area contributed by atoms with Crippen LogP contribution >= 0.6 is 23.2 Å². The maximum atomic E-state index is 14.0. The molecular weight excluding hydrogens is 569 g/mol.